The second-order valence-corrected chi connectivity index (χ2v) is 16.8. The lowest BCUT2D eigenvalue weighted by atomic mass is 9.83. The zero-order valence-corrected chi connectivity index (χ0v) is 31.0. The molecule has 3 aliphatic rings. The Labute approximate surface area is 299 Å². The van der Waals surface area contributed by atoms with Crippen LogP contribution in [0.2, 0.25) is 5.02 Å². The molecule has 0 spiro atoms. The van der Waals surface area contributed by atoms with Crippen LogP contribution in [0.25, 0.3) is 0 Å². The predicted molar refractivity (Wildman–Crippen MR) is 199 cm³/mol. The smallest absolute Gasteiger partial charge is 0.288 e. The summed E-state index contributed by atoms with van der Waals surface area (Å²) < 4.78 is 23.9. The van der Waals surface area contributed by atoms with Gasteiger partial charge in [0.2, 0.25) is 11.8 Å². The van der Waals surface area contributed by atoms with Gasteiger partial charge in [0.1, 0.15) is 6.04 Å². The van der Waals surface area contributed by atoms with Crippen LogP contribution in [0.15, 0.2) is 48.5 Å². The topological polar surface area (TPSA) is 105 Å². The first-order chi connectivity index (χ1) is 23.6. The summed E-state index contributed by atoms with van der Waals surface area (Å²) in [6.07, 6.45) is 13.1. The van der Waals surface area contributed by atoms with Crippen molar-refractivity contribution in [2.45, 2.75) is 102 Å². The number of hydrogen-bond acceptors (Lipinski definition) is 5. The predicted octanol–water partition coefficient (Wildman–Crippen LogP) is 5.57. The Morgan fingerprint density at radius 2 is 1.71 bits per heavy atom. The number of halogens is 1. The molecule has 270 valence electrons. The molecule has 0 aromatic heterocycles. The van der Waals surface area contributed by atoms with Crippen LogP contribution in [0.5, 0.6) is 0 Å². The lowest BCUT2D eigenvalue weighted by Gasteiger charge is -2.42. The molecular weight excluding hydrogens is 658 g/mol. The number of unbranched alkanes of at least 4 members (excludes halogenated alkanes) is 1. The van der Waals surface area contributed by atoms with Crippen LogP contribution >= 0.6 is 11.6 Å². The molecule has 2 aliphatic heterocycles. The van der Waals surface area contributed by atoms with E-state index < -0.39 is 22.5 Å². The SMILES string of the molecule is CCN(CCCCC(CC1CCCCC1)N1CCN(C(=O)[C@@H](Cc2ccc(Cl)cc2)NC(=O)[C@H]2Cc3ccccc3CN2)CC1)[S+](C)(=O)O. The molecular formula is C38H57ClN5O4S+. The van der Waals surface area contributed by atoms with Crippen molar-refractivity contribution in [2.24, 2.45) is 5.92 Å². The van der Waals surface area contributed by atoms with E-state index in [0.29, 0.717) is 56.6 Å². The molecule has 49 heavy (non-hydrogen) atoms. The highest BCUT2D eigenvalue weighted by Gasteiger charge is 2.34. The first-order valence-corrected chi connectivity index (χ1v) is 20.7. The van der Waals surface area contributed by atoms with Gasteiger partial charge >= 0.3 is 0 Å². The first-order valence-electron chi connectivity index (χ1n) is 18.4. The molecule has 2 aromatic rings. The molecule has 2 fully saturated rings. The Morgan fingerprint density at radius 1 is 1.02 bits per heavy atom. The van der Waals surface area contributed by atoms with Gasteiger partial charge < -0.3 is 15.5 Å². The maximum Gasteiger partial charge on any atom is 0.288 e. The van der Waals surface area contributed by atoms with Gasteiger partial charge in [-0.15, -0.1) is 0 Å². The minimum absolute atomic E-state index is 0.0326. The van der Waals surface area contributed by atoms with Crippen LogP contribution < -0.4 is 10.6 Å². The van der Waals surface area contributed by atoms with Gasteiger partial charge in [-0.25, -0.2) is 0 Å². The molecule has 2 heterocycles. The summed E-state index contributed by atoms with van der Waals surface area (Å²) >= 11 is 6.16. The number of carbonyl (C=O) groups is 2. The minimum Gasteiger partial charge on any atom is -0.343 e. The Balaban J connectivity index is 1.21. The average Bonchev–Trinajstić information content (AvgIpc) is 3.11. The van der Waals surface area contributed by atoms with Crippen molar-refractivity contribution < 1.29 is 18.4 Å². The number of fused-ring (bicyclic) bond motifs is 1. The summed E-state index contributed by atoms with van der Waals surface area (Å²) in [5, 5.41) is 7.15. The second kappa shape index (κ2) is 18.2. The van der Waals surface area contributed by atoms with Crippen molar-refractivity contribution in [1.82, 2.24) is 24.7 Å². The summed E-state index contributed by atoms with van der Waals surface area (Å²) in [6, 6.07) is 15.1. The molecule has 2 aromatic carbocycles. The Morgan fingerprint density at radius 3 is 2.39 bits per heavy atom. The highest BCUT2D eigenvalue weighted by atomic mass is 35.5. The number of amides is 2. The highest BCUT2D eigenvalue weighted by molar-refractivity contribution is 7.94. The van der Waals surface area contributed by atoms with Gasteiger partial charge in [-0.05, 0) is 71.6 Å². The number of rotatable bonds is 15. The molecule has 11 heteroatoms. The third-order valence-corrected chi connectivity index (χ3v) is 12.5. The van der Waals surface area contributed by atoms with E-state index in [1.807, 2.05) is 48.2 Å². The van der Waals surface area contributed by atoms with Crippen LogP contribution in [0.4, 0.5) is 0 Å². The summed E-state index contributed by atoms with van der Waals surface area (Å²) in [5.74, 6) is 0.571. The van der Waals surface area contributed by atoms with E-state index >= 15 is 0 Å². The van der Waals surface area contributed by atoms with Crippen molar-refractivity contribution >= 4 is 33.8 Å². The Kier molecular flexibility index (Phi) is 14.1. The van der Waals surface area contributed by atoms with Crippen molar-refractivity contribution in [2.75, 3.05) is 45.5 Å². The molecule has 1 saturated carbocycles. The molecule has 1 aliphatic carbocycles. The van der Waals surface area contributed by atoms with E-state index in [2.05, 4.69) is 27.7 Å². The van der Waals surface area contributed by atoms with E-state index in [4.69, 9.17) is 11.6 Å². The van der Waals surface area contributed by atoms with Gasteiger partial charge in [0, 0.05) is 63.3 Å². The van der Waals surface area contributed by atoms with Crippen LogP contribution in [-0.2, 0) is 43.6 Å². The van der Waals surface area contributed by atoms with Crippen molar-refractivity contribution in [3.05, 3.63) is 70.2 Å². The fourth-order valence-corrected chi connectivity index (χ4v) is 9.06. The number of piperazine rings is 1. The normalized spacial score (nSPS) is 21.5. The van der Waals surface area contributed by atoms with Gasteiger partial charge in [0.05, 0.1) is 6.04 Å². The molecule has 0 radical (unpaired) electrons. The minimum atomic E-state index is -2.93. The number of carbonyl (C=O) groups excluding carboxylic acids is 2. The van der Waals surface area contributed by atoms with Crippen LogP contribution in [0.3, 0.4) is 0 Å². The van der Waals surface area contributed by atoms with Gasteiger partial charge in [0.15, 0.2) is 6.26 Å². The molecule has 3 N–H and O–H groups in total. The third-order valence-electron chi connectivity index (χ3n) is 10.9. The lowest BCUT2D eigenvalue weighted by molar-refractivity contribution is -0.138. The van der Waals surface area contributed by atoms with Gasteiger partial charge in [0.25, 0.3) is 10.4 Å². The van der Waals surface area contributed by atoms with Crippen LogP contribution in [-0.4, -0.2) is 94.1 Å². The summed E-state index contributed by atoms with van der Waals surface area (Å²) in [4.78, 5) is 32.3. The summed E-state index contributed by atoms with van der Waals surface area (Å²) in [5.41, 5.74) is 3.33. The summed E-state index contributed by atoms with van der Waals surface area (Å²) in [6.45, 7) is 6.65. The van der Waals surface area contributed by atoms with E-state index in [-0.39, 0.29) is 11.8 Å². The quantitative estimate of drug-likeness (QED) is 0.165. The molecule has 2 unspecified atom stereocenters. The van der Waals surface area contributed by atoms with Crippen LogP contribution in [0, 0.1) is 5.92 Å². The fourth-order valence-electron chi connectivity index (χ4n) is 7.99. The number of nitrogens with zero attached hydrogens (tertiary/aromatic N) is 3. The number of benzene rings is 2. The molecule has 2 amide bonds. The van der Waals surface area contributed by atoms with Crippen molar-refractivity contribution in [3.63, 3.8) is 0 Å². The van der Waals surface area contributed by atoms with Gasteiger partial charge in [-0.1, -0.05) is 90.8 Å². The maximum absolute atomic E-state index is 14.2. The number of hydrogen-bond donors (Lipinski definition) is 3. The van der Waals surface area contributed by atoms with E-state index in [9.17, 15) is 18.4 Å². The second-order valence-electron chi connectivity index (χ2n) is 14.3. The Hall–Kier alpha value is -2.34. The standard InChI is InChI=1S/C38H56ClN5O4S/c1-3-44(49(2,47)48)20-10-9-15-34(25-29-11-5-4-6-12-29)42-21-23-43(24-22-42)38(46)36(26-30-16-18-33(39)19-17-30)41-37(45)35-27-31-13-7-8-14-32(31)28-40-35/h7-8,13-14,16-19,29,34-36,40H,3-6,9-12,15,20-28H2,1-2H3,(H-,41,45,47,48)/p+1/t34?,35-,36-/m1/s1. The molecule has 1 saturated heterocycles. The highest BCUT2D eigenvalue weighted by Crippen LogP contribution is 2.31. The van der Waals surface area contributed by atoms with Crippen molar-refractivity contribution in [3.8, 4) is 0 Å². The molecule has 4 atom stereocenters. The fraction of sp³-hybridized carbons (Fsp3) is 0.632. The number of nitrogens with one attached hydrogen (secondary N) is 2. The largest absolute Gasteiger partial charge is 0.343 e. The monoisotopic (exact) mass is 714 g/mol. The van der Waals surface area contributed by atoms with Gasteiger partial charge in [-0.3, -0.25) is 14.5 Å². The zero-order valence-electron chi connectivity index (χ0n) is 29.5. The molecule has 0 bridgehead atoms. The van der Waals surface area contributed by atoms with E-state index in [0.717, 1.165) is 43.8 Å². The summed E-state index contributed by atoms with van der Waals surface area (Å²) in [7, 11) is -2.93. The van der Waals surface area contributed by atoms with E-state index in [1.54, 1.807) is 4.31 Å². The first kappa shape index (κ1) is 37.9. The zero-order chi connectivity index (χ0) is 34.8. The van der Waals surface area contributed by atoms with Crippen LogP contribution in [0.1, 0.15) is 81.4 Å². The van der Waals surface area contributed by atoms with E-state index in [1.165, 1.54) is 55.9 Å². The maximum atomic E-state index is 14.2. The van der Waals surface area contributed by atoms with Gasteiger partial charge in [-0.2, -0.15) is 4.55 Å². The molecule has 5 rings (SSSR count). The third kappa shape index (κ3) is 11.1. The average molecular weight is 715 g/mol. The molecule has 9 nitrogen and oxygen atoms in total. The Bertz CT molecular complexity index is 1410. The lowest BCUT2D eigenvalue weighted by Crippen LogP contribution is -2.59. The van der Waals surface area contributed by atoms with Crippen molar-refractivity contribution in [1.29, 1.82) is 0 Å².